The molecule has 2 fully saturated rings. The van der Waals surface area contributed by atoms with Gasteiger partial charge < -0.3 is 8.94 Å². The molecule has 4 rings (SSSR count). The van der Waals surface area contributed by atoms with E-state index in [1.165, 1.54) is 12.8 Å². The maximum absolute atomic E-state index is 5.83. The average Bonchev–Trinajstić information content (AvgIpc) is 2.95. The number of rotatable bonds is 5. The molecule has 118 valence electrons. The molecule has 3 heterocycles. The molecule has 0 N–H and O–H groups in total. The molecule has 1 saturated heterocycles. The predicted octanol–water partition coefficient (Wildman–Crippen LogP) is 3.40. The van der Waals surface area contributed by atoms with Gasteiger partial charge in [0.05, 0.1) is 18.8 Å². The number of oxazole rings is 1. The first-order chi connectivity index (χ1) is 10.7. The molecule has 6 heteroatoms. The lowest BCUT2D eigenvalue weighted by Crippen LogP contribution is -2.23. The third-order valence-electron chi connectivity index (χ3n) is 4.52. The Labute approximate surface area is 129 Å². The minimum atomic E-state index is 0.227. The van der Waals surface area contributed by atoms with Gasteiger partial charge >= 0.3 is 0 Å². The maximum Gasteiger partial charge on any atom is 0.229 e. The number of aromatic nitrogens is 3. The molecular formula is C16H22N4O2. The molecule has 1 atom stereocenters. The summed E-state index contributed by atoms with van der Waals surface area (Å²) in [4.78, 5) is 11.4. The van der Waals surface area contributed by atoms with Gasteiger partial charge in [-0.15, -0.1) is 0 Å². The quantitative estimate of drug-likeness (QED) is 0.843. The van der Waals surface area contributed by atoms with Gasteiger partial charge in [0.25, 0.3) is 0 Å². The topological polar surface area (TPSA) is 68.2 Å². The van der Waals surface area contributed by atoms with Crippen molar-refractivity contribution in [2.45, 2.75) is 64.0 Å². The third kappa shape index (κ3) is 2.67. The summed E-state index contributed by atoms with van der Waals surface area (Å²) in [5.74, 6) is 4.25. The van der Waals surface area contributed by atoms with Crippen LogP contribution in [0.2, 0.25) is 0 Å². The van der Waals surface area contributed by atoms with Crippen molar-refractivity contribution < 1.29 is 8.94 Å². The largest absolute Gasteiger partial charge is 0.444 e. The first-order valence-corrected chi connectivity index (χ1v) is 8.23. The van der Waals surface area contributed by atoms with E-state index in [9.17, 15) is 0 Å². The molecule has 0 amide bonds. The molecule has 22 heavy (non-hydrogen) atoms. The van der Waals surface area contributed by atoms with E-state index in [4.69, 9.17) is 8.94 Å². The standard InChI is InChI=1S/C16H22N4O2/c1-10(2)13-8-17-14(21-13)9-20-7-3-4-12(20)15-18-16(22-19-15)11-5-6-11/h8,10-12H,3-7,9H2,1-2H3/t12-/m1/s1. The Hall–Kier alpha value is -1.69. The van der Waals surface area contributed by atoms with Gasteiger partial charge in [-0.1, -0.05) is 19.0 Å². The number of likely N-dealkylation sites (tertiary alicyclic amines) is 1. The molecular weight excluding hydrogens is 280 g/mol. The number of nitrogens with zero attached hydrogens (tertiary/aromatic N) is 4. The summed E-state index contributed by atoms with van der Waals surface area (Å²) in [5, 5.41) is 4.21. The van der Waals surface area contributed by atoms with Crippen LogP contribution in [0.15, 0.2) is 15.1 Å². The fourth-order valence-electron chi connectivity index (χ4n) is 3.02. The highest BCUT2D eigenvalue weighted by atomic mass is 16.5. The van der Waals surface area contributed by atoms with Gasteiger partial charge in [-0.05, 0) is 32.2 Å². The number of hydrogen-bond acceptors (Lipinski definition) is 6. The summed E-state index contributed by atoms with van der Waals surface area (Å²) >= 11 is 0. The molecule has 2 aliphatic rings. The second-order valence-corrected chi connectivity index (χ2v) is 6.70. The highest BCUT2D eigenvalue weighted by Crippen LogP contribution is 2.40. The van der Waals surface area contributed by atoms with Crippen LogP contribution in [-0.2, 0) is 6.54 Å². The van der Waals surface area contributed by atoms with Crippen LogP contribution in [0.5, 0.6) is 0 Å². The minimum Gasteiger partial charge on any atom is -0.444 e. The van der Waals surface area contributed by atoms with Crippen molar-refractivity contribution >= 4 is 0 Å². The van der Waals surface area contributed by atoms with Crippen molar-refractivity contribution in [1.29, 1.82) is 0 Å². The summed E-state index contributed by atoms with van der Waals surface area (Å²) in [5.41, 5.74) is 0. The van der Waals surface area contributed by atoms with Gasteiger partial charge in [-0.25, -0.2) is 4.98 Å². The minimum absolute atomic E-state index is 0.227. The molecule has 0 bridgehead atoms. The van der Waals surface area contributed by atoms with Crippen LogP contribution < -0.4 is 0 Å². The molecule has 1 aliphatic carbocycles. The number of hydrogen-bond donors (Lipinski definition) is 0. The highest BCUT2D eigenvalue weighted by molar-refractivity contribution is 5.06. The smallest absolute Gasteiger partial charge is 0.229 e. The van der Waals surface area contributed by atoms with Crippen LogP contribution in [0.3, 0.4) is 0 Å². The summed E-state index contributed by atoms with van der Waals surface area (Å²) in [7, 11) is 0. The Morgan fingerprint density at radius 2 is 2.18 bits per heavy atom. The first-order valence-electron chi connectivity index (χ1n) is 8.23. The first kappa shape index (κ1) is 13.9. The molecule has 6 nitrogen and oxygen atoms in total. The van der Waals surface area contributed by atoms with Crippen molar-refractivity contribution in [3.63, 3.8) is 0 Å². The normalized spacial score (nSPS) is 22.8. The third-order valence-corrected chi connectivity index (χ3v) is 4.52. The van der Waals surface area contributed by atoms with E-state index >= 15 is 0 Å². The van der Waals surface area contributed by atoms with E-state index in [1.54, 1.807) is 0 Å². The van der Waals surface area contributed by atoms with Crippen LogP contribution in [0.1, 0.15) is 80.8 Å². The Balaban J connectivity index is 1.47. The highest BCUT2D eigenvalue weighted by Gasteiger charge is 2.34. The van der Waals surface area contributed by atoms with Gasteiger partial charge in [-0.2, -0.15) is 4.98 Å². The van der Waals surface area contributed by atoms with Crippen LogP contribution in [0.25, 0.3) is 0 Å². The second kappa shape index (κ2) is 5.50. The van der Waals surface area contributed by atoms with Crippen molar-refractivity contribution in [1.82, 2.24) is 20.0 Å². The molecule has 2 aromatic heterocycles. The van der Waals surface area contributed by atoms with Crippen molar-refractivity contribution in [3.05, 3.63) is 29.6 Å². The Morgan fingerprint density at radius 1 is 1.32 bits per heavy atom. The fraction of sp³-hybridized carbons (Fsp3) is 0.688. The van der Waals surface area contributed by atoms with Gasteiger partial charge in [0.1, 0.15) is 5.76 Å². The molecule has 2 aromatic rings. The van der Waals surface area contributed by atoms with Crippen LogP contribution in [-0.4, -0.2) is 26.6 Å². The predicted molar refractivity (Wildman–Crippen MR) is 79.3 cm³/mol. The lowest BCUT2D eigenvalue weighted by molar-refractivity contribution is 0.210. The van der Waals surface area contributed by atoms with Gasteiger partial charge in [0, 0.05) is 11.8 Å². The summed E-state index contributed by atoms with van der Waals surface area (Å²) < 4.78 is 11.2. The SMILES string of the molecule is CC(C)c1cnc(CN2CCC[C@@H]2c2noc(C3CC3)n2)o1. The second-order valence-electron chi connectivity index (χ2n) is 6.70. The van der Waals surface area contributed by atoms with E-state index in [2.05, 4.69) is 33.9 Å². The zero-order valence-corrected chi connectivity index (χ0v) is 13.2. The average molecular weight is 302 g/mol. The summed E-state index contributed by atoms with van der Waals surface area (Å²) in [6, 6.07) is 0.227. The van der Waals surface area contributed by atoms with E-state index in [0.717, 1.165) is 42.8 Å². The summed E-state index contributed by atoms with van der Waals surface area (Å²) in [6.45, 7) is 5.96. The molecule has 0 radical (unpaired) electrons. The van der Waals surface area contributed by atoms with Gasteiger partial charge in [0.15, 0.2) is 5.82 Å². The van der Waals surface area contributed by atoms with E-state index in [0.29, 0.717) is 18.4 Å². The fourth-order valence-corrected chi connectivity index (χ4v) is 3.02. The lowest BCUT2D eigenvalue weighted by Gasteiger charge is -2.19. The monoisotopic (exact) mass is 302 g/mol. The maximum atomic E-state index is 5.83. The van der Waals surface area contributed by atoms with E-state index in [1.807, 2.05) is 6.20 Å². The molecule has 0 aromatic carbocycles. The molecule has 1 aliphatic heterocycles. The van der Waals surface area contributed by atoms with Crippen LogP contribution in [0, 0.1) is 0 Å². The van der Waals surface area contributed by atoms with E-state index < -0.39 is 0 Å². The van der Waals surface area contributed by atoms with Gasteiger partial charge in [-0.3, -0.25) is 4.90 Å². The molecule has 1 saturated carbocycles. The Morgan fingerprint density at radius 3 is 2.91 bits per heavy atom. The summed E-state index contributed by atoms with van der Waals surface area (Å²) in [6.07, 6.45) is 6.43. The Bertz CT molecular complexity index is 644. The van der Waals surface area contributed by atoms with E-state index in [-0.39, 0.29) is 6.04 Å². The van der Waals surface area contributed by atoms with Crippen LogP contribution >= 0.6 is 0 Å². The molecule has 0 unspecified atom stereocenters. The zero-order valence-electron chi connectivity index (χ0n) is 13.2. The van der Waals surface area contributed by atoms with Gasteiger partial charge in [0.2, 0.25) is 11.8 Å². The van der Waals surface area contributed by atoms with Crippen molar-refractivity contribution in [2.75, 3.05) is 6.54 Å². The Kier molecular flexibility index (Phi) is 3.48. The molecule has 0 spiro atoms. The van der Waals surface area contributed by atoms with Crippen molar-refractivity contribution in [2.24, 2.45) is 0 Å². The lowest BCUT2D eigenvalue weighted by atomic mass is 10.2. The zero-order chi connectivity index (χ0) is 15.1. The van der Waals surface area contributed by atoms with Crippen molar-refractivity contribution in [3.8, 4) is 0 Å². The van der Waals surface area contributed by atoms with Crippen LogP contribution in [0.4, 0.5) is 0 Å².